The van der Waals surface area contributed by atoms with Gasteiger partial charge in [-0.3, -0.25) is 14.5 Å². The number of aryl methyl sites for hydroxylation is 1. The average molecular weight is 357 g/mol. The summed E-state index contributed by atoms with van der Waals surface area (Å²) >= 11 is 0. The molecule has 6 heteroatoms. The van der Waals surface area contributed by atoms with Crippen LogP contribution in [0, 0.1) is 0 Å². The monoisotopic (exact) mass is 357 g/mol. The number of amides is 1. The van der Waals surface area contributed by atoms with E-state index in [0.29, 0.717) is 12.2 Å². The van der Waals surface area contributed by atoms with Crippen molar-refractivity contribution in [2.75, 3.05) is 6.54 Å². The first-order valence-electron chi connectivity index (χ1n) is 9.12. The molecule has 4 heterocycles. The van der Waals surface area contributed by atoms with Crippen LogP contribution in [0.15, 0.2) is 60.9 Å². The molecule has 0 unspecified atom stereocenters. The van der Waals surface area contributed by atoms with Crippen molar-refractivity contribution in [3.63, 3.8) is 0 Å². The number of hydrogen-bond donors (Lipinski definition) is 1. The Morgan fingerprint density at radius 1 is 1.07 bits per heavy atom. The highest BCUT2D eigenvalue weighted by Crippen LogP contribution is 2.23. The summed E-state index contributed by atoms with van der Waals surface area (Å²) in [4.78, 5) is 22.4. The third-order valence-corrected chi connectivity index (χ3v) is 5.02. The van der Waals surface area contributed by atoms with Gasteiger partial charge >= 0.3 is 0 Å². The van der Waals surface area contributed by atoms with Gasteiger partial charge in [-0.2, -0.15) is 5.10 Å². The third kappa shape index (κ3) is 2.89. The van der Waals surface area contributed by atoms with Crippen molar-refractivity contribution in [3.8, 4) is 11.3 Å². The minimum Gasteiger partial charge on any atom is -0.351 e. The molecule has 0 atom stereocenters. The molecule has 1 aliphatic heterocycles. The lowest BCUT2D eigenvalue weighted by Crippen LogP contribution is -2.30. The SMILES string of the molecule is O=C(c1cc2ccccc2[nH]1)N1CCCn2nc(-c3cccnc3)cc2C1. The molecule has 0 saturated heterocycles. The van der Waals surface area contributed by atoms with Crippen LogP contribution in [0.25, 0.3) is 22.2 Å². The maximum atomic E-state index is 13.1. The van der Waals surface area contributed by atoms with Crippen LogP contribution in [-0.4, -0.2) is 37.1 Å². The van der Waals surface area contributed by atoms with E-state index in [1.165, 1.54) is 0 Å². The molecule has 4 aromatic rings. The number of aromatic nitrogens is 4. The number of hydrogen-bond acceptors (Lipinski definition) is 3. The topological polar surface area (TPSA) is 66.8 Å². The van der Waals surface area contributed by atoms with Gasteiger partial charge < -0.3 is 9.88 Å². The average Bonchev–Trinajstić information content (AvgIpc) is 3.27. The zero-order chi connectivity index (χ0) is 18.2. The Morgan fingerprint density at radius 3 is 2.85 bits per heavy atom. The number of H-pyrrole nitrogens is 1. The van der Waals surface area contributed by atoms with Crippen molar-refractivity contribution in [1.82, 2.24) is 24.6 Å². The molecule has 0 aliphatic carbocycles. The van der Waals surface area contributed by atoms with E-state index in [0.717, 1.165) is 47.4 Å². The maximum absolute atomic E-state index is 13.1. The summed E-state index contributed by atoms with van der Waals surface area (Å²) in [6.45, 7) is 2.09. The van der Waals surface area contributed by atoms with E-state index in [2.05, 4.69) is 16.0 Å². The molecular weight excluding hydrogens is 338 g/mol. The predicted octanol–water partition coefficient (Wildman–Crippen LogP) is 3.47. The number of aromatic amines is 1. The molecule has 3 aromatic heterocycles. The number of para-hydroxylation sites is 1. The van der Waals surface area contributed by atoms with Crippen LogP contribution in [0.2, 0.25) is 0 Å². The van der Waals surface area contributed by atoms with Crippen molar-refractivity contribution in [3.05, 3.63) is 72.3 Å². The number of fused-ring (bicyclic) bond motifs is 2. The molecule has 1 aromatic carbocycles. The fourth-order valence-electron chi connectivity index (χ4n) is 3.65. The predicted molar refractivity (Wildman–Crippen MR) is 103 cm³/mol. The fraction of sp³-hybridized carbons (Fsp3) is 0.190. The second kappa shape index (κ2) is 6.39. The van der Waals surface area contributed by atoms with Gasteiger partial charge in [0.1, 0.15) is 5.69 Å². The molecule has 0 fully saturated rings. The number of carbonyl (C=O) groups is 1. The van der Waals surface area contributed by atoms with E-state index in [-0.39, 0.29) is 5.91 Å². The molecule has 1 aliphatic rings. The zero-order valence-corrected chi connectivity index (χ0v) is 14.8. The molecule has 134 valence electrons. The van der Waals surface area contributed by atoms with Gasteiger partial charge in [-0.1, -0.05) is 18.2 Å². The van der Waals surface area contributed by atoms with Crippen LogP contribution in [-0.2, 0) is 13.1 Å². The first kappa shape index (κ1) is 15.8. The summed E-state index contributed by atoms with van der Waals surface area (Å²) in [5.74, 6) is 0.0313. The normalized spacial score (nSPS) is 14.1. The van der Waals surface area contributed by atoms with Crippen LogP contribution in [0.3, 0.4) is 0 Å². The van der Waals surface area contributed by atoms with Gasteiger partial charge in [0, 0.05) is 41.9 Å². The summed E-state index contributed by atoms with van der Waals surface area (Å²) in [5, 5.41) is 5.77. The number of nitrogens with one attached hydrogen (secondary N) is 1. The molecule has 0 radical (unpaired) electrons. The number of rotatable bonds is 2. The van der Waals surface area contributed by atoms with E-state index in [9.17, 15) is 4.79 Å². The molecule has 1 N–H and O–H groups in total. The molecule has 0 saturated carbocycles. The smallest absolute Gasteiger partial charge is 0.270 e. The number of pyridine rings is 1. The minimum absolute atomic E-state index is 0.0313. The van der Waals surface area contributed by atoms with E-state index >= 15 is 0 Å². The van der Waals surface area contributed by atoms with E-state index in [1.807, 2.05) is 58.2 Å². The quantitative estimate of drug-likeness (QED) is 0.597. The van der Waals surface area contributed by atoms with Crippen LogP contribution in [0.5, 0.6) is 0 Å². The van der Waals surface area contributed by atoms with Gasteiger partial charge in [0.2, 0.25) is 0 Å². The summed E-state index contributed by atoms with van der Waals surface area (Å²) in [6, 6.07) is 15.9. The van der Waals surface area contributed by atoms with E-state index in [4.69, 9.17) is 5.10 Å². The maximum Gasteiger partial charge on any atom is 0.270 e. The summed E-state index contributed by atoms with van der Waals surface area (Å²) < 4.78 is 2.01. The minimum atomic E-state index is 0.0313. The molecule has 5 rings (SSSR count). The van der Waals surface area contributed by atoms with Gasteiger partial charge in [0.25, 0.3) is 5.91 Å². The van der Waals surface area contributed by atoms with Crippen molar-refractivity contribution in [2.24, 2.45) is 0 Å². The van der Waals surface area contributed by atoms with Gasteiger partial charge in [-0.25, -0.2) is 0 Å². The Kier molecular flexibility index (Phi) is 3.74. The Morgan fingerprint density at radius 2 is 2.00 bits per heavy atom. The molecule has 27 heavy (non-hydrogen) atoms. The van der Waals surface area contributed by atoms with Crippen molar-refractivity contribution >= 4 is 16.8 Å². The highest BCUT2D eigenvalue weighted by molar-refractivity contribution is 5.98. The highest BCUT2D eigenvalue weighted by Gasteiger charge is 2.23. The lowest BCUT2D eigenvalue weighted by atomic mass is 10.2. The second-order valence-corrected chi connectivity index (χ2v) is 6.84. The molecular formula is C21H19N5O. The highest BCUT2D eigenvalue weighted by atomic mass is 16.2. The first-order chi connectivity index (χ1) is 13.3. The van der Waals surface area contributed by atoms with Gasteiger partial charge in [-0.15, -0.1) is 0 Å². The molecule has 1 amide bonds. The number of nitrogens with zero attached hydrogens (tertiary/aromatic N) is 4. The molecule has 6 nitrogen and oxygen atoms in total. The second-order valence-electron chi connectivity index (χ2n) is 6.84. The first-order valence-corrected chi connectivity index (χ1v) is 9.12. The van der Waals surface area contributed by atoms with Crippen LogP contribution in [0.1, 0.15) is 22.6 Å². The summed E-state index contributed by atoms with van der Waals surface area (Å²) in [5.41, 5.74) is 4.57. The Bertz CT molecular complexity index is 1080. The van der Waals surface area contributed by atoms with Crippen molar-refractivity contribution in [2.45, 2.75) is 19.5 Å². The Labute approximate surface area is 156 Å². The zero-order valence-electron chi connectivity index (χ0n) is 14.8. The van der Waals surface area contributed by atoms with Gasteiger partial charge in [0.15, 0.2) is 0 Å². The standard InChI is InChI=1S/C21H19N5O/c27-21(20-11-15-5-1-2-7-18(15)23-20)25-9-4-10-26-17(14-25)12-19(24-26)16-6-3-8-22-13-16/h1-3,5-8,11-13,23H,4,9-10,14H2. The van der Waals surface area contributed by atoms with Crippen molar-refractivity contribution in [1.29, 1.82) is 0 Å². The van der Waals surface area contributed by atoms with Crippen LogP contribution >= 0.6 is 0 Å². The molecule has 0 spiro atoms. The fourth-order valence-corrected chi connectivity index (χ4v) is 3.65. The summed E-state index contributed by atoms with van der Waals surface area (Å²) in [6.07, 6.45) is 4.45. The number of carbonyl (C=O) groups excluding carboxylic acids is 1. The molecule has 0 bridgehead atoms. The third-order valence-electron chi connectivity index (χ3n) is 5.02. The van der Waals surface area contributed by atoms with Gasteiger partial charge in [-0.05, 0) is 36.8 Å². The summed E-state index contributed by atoms with van der Waals surface area (Å²) in [7, 11) is 0. The Balaban J connectivity index is 1.43. The largest absolute Gasteiger partial charge is 0.351 e. The van der Waals surface area contributed by atoms with Crippen LogP contribution in [0.4, 0.5) is 0 Å². The Hall–Kier alpha value is -3.41. The lowest BCUT2D eigenvalue weighted by Gasteiger charge is -2.19. The van der Waals surface area contributed by atoms with E-state index in [1.54, 1.807) is 6.20 Å². The van der Waals surface area contributed by atoms with Crippen molar-refractivity contribution < 1.29 is 4.79 Å². The lowest BCUT2D eigenvalue weighted by molar-refractivity contribution is 0.0741. The van der Waals surface area contributed by atoms with E-state index < -0.39 is 0 Å². The number of benzene rings is 1. The van der Waals surface area contributed by atoms with Crippen LogP contribution < -0.4 is 0 Å². The van der Waals surface area contributed by atoms with Gasteiger partial charge in [0.05, 0.1) is 17.9 Å².